The van der Waals surface area contributed by atoms with Crippen LogP contribution in [0.25, 0.3) is 11.3 Å². The number of benzene rings is 1. The third-order valence-electron chi connectivity index (χ3n) is 2.78. The largest absolute Gasteiger partial charge is 0.493 e. The highest BCUT2D eigenvalue weighted by molar-refractivity contribution is 5.75. The van der Waals surface area contributed by atoms with E-state index in [4.69, 9.17) is 9.47 Å². The van der Waals surface area contributed by atoms with Crippen molar-refractivity contribution in [3.05, 3.63) is 33.1 Å². The van der Waals surface area contributed by atoms with Crippen LogP contribution in [-0.2, 0) is 0 Å². The Morgan fingerprint density at radius 1 is 1.30 bits per heavy atom. The van der Waals surface area contributed by atoms with E-state index in [-0.39, 0.29) is 39.0 Å². The molecule has 106 valence electrons. The van der Waals surface area contributed by atoms with E-state index < -0.39 is 4.92 Å². The summed E-state index contributed by atoms with van der Waals surface area (Å²) in [6.07, 6.45) is 0. The molecule has 0 aliphatic rings. The maximum absolute atomic E-state index is 11.2. The van der Waals surface area contributed by atoms with Crippen molar-refractivity contribution in [2.75, 3.05) is 14.2 Å². The van der Waals surface area contributed by atoms with E-state index in [0.29, 0.717) is 0 Å². The smallest absolute Gasteiger partial charge is 0.285 e. The zero-order valence-corrected chi connectivity index (χ0v) is 10.9. The molecule has 0 fully saturated rings. The molecule has 0 aliphatic heterocycles. The van der Waals surface area contributed by atoms with Crippen LogP contribution in [0.3, 0.4) is 0 Å². The summed E-state index contributed by atoms with van der Waals surface area (Å²) in [5, 5.41) is 25.9. The first-order chi connectivity index (χ1) is 9.49. The van der Waals surface area contributed by atoms with Crippen LogP contribution in [0.5, 0.6) is 11.5 Å². The zero-order chi connectivity index (χ0) is 14.9. The lowest BCUT2D eigenvalue weighted by atomic mass is 10.1. The SMILES string of the molecule is COc1cc(-c2no[n+]([O-])c2C)c([N+](=O)[O-])cc1OC. The van der Waals surface area contributed by atoms with Crippen molar-refractivity contribution in [2.24, 2.45) is 0 Å². The van der Waals surface area contributed by atoms with Crippen molar-refractivity contribution in [3.63, 3.8) is 0 Å². The van der Waals surface area contributed by atoms with Gasteiger partial charge in [0.05, 0.1) is 25.2 Å². The van der Waals surface area contributed by atoms with Gasteiger partial charge in [-0.25, -0.2) is 0 Å². The molecule has 0 atom stereocenters. The molecular weight excluding hydrogens is 270 g/mol. The number of nitro groups is 1. The molecule has 0 bridgehead atoms. The third kappa shape index (κ3) is 2.09. The van der Waals surface area contributed by atoms with Crippen molar-refractivity contribution in [1.82, 2.24) is 5.16 Å². The molecule has 1 aromatic heterocycles. The topological polar surface area (TPSA) is 115 Å². The number of hydrogen-bond donors (Lipinski definition) is 0. The van der Waals surface area contributed by atoms with Crippen molar-refractivity contribution in [1.29, 1.82) is 0 Å². The number of rotatable bonds is 4. The molecule has 2 aromatic rings. The quantitative estimate of drug-likeness (QED) is 0.470. The molecule has 0 amide bonds. The molecule has 1 aromatic carbocycles. The summed E-state index contributed by atoms with van der Waals surface area (Å²) >= 11 is 0. The molecule has 0 spiro atoms. The van der Waals surface area contributed by atoms with Crippen molar-refractivity contribution < 1.29 is 23.9 Å². The number of hydrogen-bond acceptors (Lipinski definition) is 7. The van der Waals surface area contributed by atoms with Crippen molar-refractivity contribution >= 4 is 5.69 Å². The van der Waals surface area contributed by atoms with Crippen LogP contribution in [-0.4, -0.2) is 24.3 Å². The number of methoxy groups -OCH3 is 2. The van der Waals surface area contributed by atoms with Crippen molar-refractivity contribution in [3.8, 4) is 22.8 Å². The van der Waals surface area contributed by atoms with Gasteiger partial charge in [-0.05, 0) is 4.90 Å². The molecule has 9 heteroatoms. The van der Waals surface area contributed by atoms with E-state index >= 15 is 0 Å². The molecule has 20 heavy (non-hydrogen) atoms. The van der Waals surface area contributed by atoms with Gasteiger partial charge in [0.15, 0.2) is 11.5 Å². The van der Waals surface area contributed by atoms with Gasteiger partial charge in [-0.2, -0.15) is 0 Å². The summed E-state index contributed by atoms with van der Waals surface area (Å²) in [5.41, 5.74) is 0.0381. The second kappa shape index (κ2) is 5.03. The number of nitrogens with zero attached hydrogens (tertiary/aromatic N) is 3. The van der Waals surface area contributed by atoms with Gasteiger partial charge in [0.25, 0.3) is 11.4 Å². The summed E-state index contributed by atoms with van der Waals surface area (Å²) in [4.78, 5) is 10.7. The van der Waals surface area contributed by atoms with E-state index in [0.717, 1.165) is 0 Å². The summed E-state index contributed by atoms with van der Waals surface area (Å²) in [5.74, 6) is 0.493. The molecule has 0 saturated carbocycles. The van der Waals surface area contributed by atoms with Crippen LogP contribution in [0.15, 0.2) is 16.8 Å². The number of aromatic nitrogens is 2. The van der Waals surface area contributed by atoms with Crippen LogP contribution >= 0.6 is 0 Å². The Morgan fingerprint density at radius 3 is 2.35 bits per heavy atom. The standard InChI is InChI=1S/C11H11N3O6/c1-6-11(12-20-14(6)17)7-4-9(18-2)10(19-3)5-8(7)13(15)16/h4-5H,1-3H3. The van der Waals surface area contributed by atoms with Crippen LogP contribution in [0.2, 0.25) is 0 Å². The summed E-state index contributed by atoms with van der Waals surface area (Å²) in [6.45, 7) is 1.44. The van der Waals surface area contributed by atoms with E-state index in [1.54, 1.807) is 0 Å². The Morgan fingerprint density at radius 2 is 1.90 bits per heavy atom. The van der Waals surface area contributed by atoms with Gasteiger partial charge >= 0.3 is 0 Å². The Hall–Kier alpha value is -2.84. The molecular formula is C11H11N3O6. The average Bonchev–Trinajstić information content (AvgIpc) is 2.77. The minimum atomic E-state index is -0.597. The Balaban J connectivity index is 2.73. The maximum atomic E-state index is 11.2. The summed E-state index contributed by atoms with van der Waals surface area (Å²) in [6, 6.07) is 2.58. The first-order valence-corrected chi connectivity index (χ1v) is 5.46. The average molecular weight is 281 g/mol. The Kier molecular flexibility index (Phi) is 3.42. The predicted molar refractivity (Wildman–Crippen MR) is 65.4 cm³/mol. The molecule has 0 unspecified atom stereocenters. The van der Waals surface area contributed by atoms with Gasteiger partial charge in [-0.1, -0.05) is 0 Å². The Labute approximate surface area is 113 Å². The monoisotopic (exact) mass is 281 g/mol. The lowest BCUT2D eigenvalue weighted by molar-refractivity contribution is -0.806. The highest BCUT2D eigenvalue weighted by Crippen LogP contribution is 2.39. The van der Waals surface area contributed by atoms with Gasteiger partial charge in [-0.3, -0.25) is 14.7 Å². The lowest BCUT2D eigenvalue weighted by Crippen LogP contribution is -2.25. The van der Waals surface area contributed by atoms with E-state index in [1.807, 2.05) is 0 Å². The number of nitro benzene ring substituents is 1. The minimum absolute atomic E-state index is 0.0765. The van der Waals surface area contributed by atoms with Crippen molar-refractivity contribution in [2.45, 2.75) is 6.92 Å². The highest BCUT2D eigenvalue weighted by Gasteiger charge is 2.28. The number of ether oxygens (including phenoxy) is 2. The van der Waals surface area contributed by atoms with Gasteiger partial charge < -0.3 is 14.7 Å². The predicted octanol–water partition coefficient (Wildman–Crippen LogP) is 1.21. The molecule has 0 aliphatic carbocycles. The molecule has 0 saturated heterocycles. The fraction of sp³-hybridized carbons (Fsp3) is 0.273. The highest BCUT2D eigenvalue weighted by atomic mass is 16.8. The van der Waals surface area contributed by atoms with Gasteiger partial charge in [0.1, 0.15) is 5.56 Å². The van der Waals surface area contributed by atoms with Crippen LogP contribution in [0.4, 0.5) is 5.69 Å². The van der Waals surface area contributed by atoms with Crippen LogP contribution < -0.4 is 14.4 Å². The third-order valence-corrected chi connectivity index (χ3v) is 2.78. The second-order valence-corrected chi connectivity index (χ2v) is 3.85. The summed E-state index contributed by atoms with van der Waals surface area (Å²) < 4.78 is 14.5. The fourth-order valence-corrected chi connectivity index (χ4v) is 1.74. The van der Waals surface area contributed by atoms with Gasteiger partial charge in [0, 0.05) is 18.1 Å². The first kappa shape index (κ1) is 13.6. The molecule has 0 radical (unpaired) electrons. The van der Waals surface area contributed by atoms with E-state index in [9.17, 15) is 15.3 Å². The normalized spacial score (nSPS) is 10.3. The van der Waals surface area contributed by atoms with Gasteiger partial charge in [-0.15, -0.1) is 0 Å². The maximum Gasteiger partial charge on any atom is 0.285 e. The molecule has 2 rings (SSSR count). The van der Waals surface area contributed by atoms with Crippen LogP contribution in [0.1, 0.15) is 5.69 Å². The Bertz CT molecular complexity index is 666. The fourth-order valence-electron chi connectivity index (χ4n) is 1.74. The van der Waals surface area contributed by atoms with Crippen LogP contribution in [0, 0.1) is 22.2 Å². The van der Waals surface area contributed by atoms with Gasteiger partial charge in [0.2, 0.25) is 5.69 Å². The summed E-state index contributed by atoms with van der Waals surface area (Å²) in [7, 11) is 2.77. The minimum Gasteiger partial charge on any atom is -0.493 e. The van der Waals surface area contributed by atoms with E-state index in [2.05, 4.69) is 9.79 Å². The molecule has 9 nitrogen and oxygen atoms in total. The molecule has 1 heterocycles. The van der Waals surface area contributed by atoms with E-state index in [1.165, 1.54) is 33.3 Å². The zero-order valence-electron chi connectivity index (χ0n) is 10.9. The first-order valence-electron chi connectivity index (χ1n) is 5.46. The second-order valence-electron chi connectivity index (χ2n) is 3.85. The lowest BCUT2D eigenvalue weighted by Gasteiger charge is -2.08. The molecule has 0 N–H and O–H groups in total.